The van der Waals surface area contributed by atoms with E-state index in [9.17, 15) is 14.4 Å². The summed E-state index contributed by atoms with van der Waals surface area (Å²) in [6.07, 6.45) is 12.6. The Hall–Kier alpha value is -8.82. The summed E-state index contributed by atoms with van der Waals surface area (Å²) in [5.74, 6) is 4.40. The molecule has 3 aromatic carbocycles. The Bertz CT molecular complexity index is 3580. The molecule has 0 radical (unpaired) electrons. The van der Waals surface area contributed by atoms with Crippen molar-refractivity contribution in [3.05, 3.63) is 162 Å². The van der Waals surface area contributed by atoms with Gasteiger partial charge in [0.15, 0.2) is 42.7 Å². The van der Waals surface area contributed by atoms with Gasteiger partial charge in [-0.2, -0.15) is 0 Å². The maximum atomic E-state index is 12.7. The van der Waals surface area contributed by atoms with Crippen LogP contribution in [0.1, 0.15) is 195 Å². The zero-order valence-corrected chi connectivity index (χ0v) is 54.2. The van der Waals surface area contributed by atoms with Crippen LogP contribution in [-0.2, 0) is 29.0 Å². The zero-order chi connectivity index (χ0) is 65.2. The Morgan fingerprint density at radius 2 is 0.785 bits per heavy atom. The van der Waals surface area contributed by atoms with Gasteiger partial charge in [0.1, 0.15) is 19.8 Å². The van der Waals surface area contributed by atoms with Gasteiger partial charge in [0.05, 0.1) is 0 Å². The third-order valence-electron chi connectivity index (χ3n) is 17.5. The molecule has 1 aliphatic heterocycles. The molecule has 26 heteroatoms. The number of ether oxygens (including phenoxy) is 1. The van der Waals surface area contributed by atoms with Gasteiger partial charge in [0.2, 0.25) is 35.3 Å². The minimum absolute atomic E-state index is 0.0749. The number of aromatic nitrogens is 9. The van der Waals surface area contributed by atoms with Crippen LogP contribution in [0, 0.1) is 0 Å². The molecule has 13 rings (SSSR count). The first-order valence-electron chi connectivity index (χ1n) is 32.0. The summed E-state index contributed by atoms with van der Waals surface area (Å²) in [5, 5.41) is 63.0. The average Bonchev–Trinajstić information content (AvgIpc) is 2.87. The molecule has 3 aliphatic carbocycles. The number of aliphatic hydroxyl groups is 2. The number of carbonyl (C=O) groups excluding carboxylic acids is 3. The SMILES string of the molecule is C1CCOC1.CC(C)(C)[Si](C)(C)OCc1nnc(C2CCC(NC(=O)c3cc(-c4ccccc4)on3)CC2)o1.O=C(NC1CCC(c2nnc(CO)o2)CC1)c1cc(-c2ccccc2)on1.O=C(NC1CCC(c2nnc(CO)o2)CC1)c1cc(-c2ccccc2)on1. The topological polar surface area (TPSA) is 341 Å². The van der Waals surface area contributed by atoms with Crippen LogP contribution >= 0.6 is 0 Å². The highest BCUT2D eigenvalue weighted by molar-refractivity contribution is 6.74. The molecule has 4 aliphatic rings. The number of rotatable bonds is 17. The smallest absolute Gasteiger partial charge is 0.273 e. The number of nitrogens with zero attached hydrogens (tertiary/aromatic N) is 9. The second-order valence-electron chi connectivity index (χ2n) is 25.2. The molecule has 93 heavy (non-hydrogen) atoms. The van der Waals surface area contributed by atoms with Crippen LogP contribution in [0.4, 0.5) is 0 Å². The van der Waals surface area contributed by atoms with Crippen molar-refractivity contribution in [2.75, 3.05) is 13.2 Å². The largest absolute Gasteiger partial charge is 0.423 e. The molecule has 1 saturated heterocycles. The van der Waals surface area contributed by atoms with Crippen molar-refractivity contribution >= 4 is 26.0 Å². The third-order valence-corrected chi connectivity index (χ3v) is 22.0. The Morgan fingerprint density at radius 1 is 0.473 bits per heavy atom. The molecule has 3 amide bonds. The predicted molar refractivity (Wildman–Crippen MR) is 340 cm³/mol. The molecule has 492 valence electrons. The van der Waals surface area contributed by atoms with Gasteiger partial charge in [-0.1, -0.05) is 127 Å². The number of carbonyl (C=O) groups is 3. The third kappa shape index (κ3) is 18.7. The fourth-order valence-electron chi connectivity index (χ4n) is 11.0. The number of amides is 3. The van der Waals surface area contributed by atoms with Gasteiger partial charge in [-0.05, 0) is 108 Å². The first-order valence-corrected chi connectivity index (χ1v) is 34.9. The highest BCUT2D eigenvalue weighted by Crippen LogP contribution is 2.39. The summed E-state index contributed by atoms with van der Waals surface area (Å²) < 4.78 is 43.8. The van der Waals surface area contributed by atoms with Crippen LogP contribution in [-0.4, -0.2) is 114 Å². The van der Waals surface area contributed by atoms with Crippen LogP contribution in [0.5, 0.6) is 0 Å². The van der Waals surface area contributed by atoms with Crippen LogP contribution in [0.25, 0.3) is 34.0 Å². The Balaban J connectivity index is 0.000000148. The van der Waals surface area contributed by atoms with Gasteiger partial charge < -0.3 is 62.1 Å². The maximum Gasteiger partial charge on any atom is 0.273 e. The van der Waals surface area contributed by atoms with E-state index >= 15 is 0 Å². The van der Waals surface area contributed by atoms with E-state index in [1.54, 1.807) is 18.2 Å². The second-order valence-corrected chi connectivity index (χ2v) is 30.0. The van der Waals surface area contributed by atoms with Crippen LogP contribution < -0.4 is 16.0 Å². The summed E-state index contributed by atoms with van der Waals surface area (Å²) >= 11 is 0. The van der Waals surface area contributed by atoms with E-state index in [4.69, 9.17) is 46.2 Å². The number of hydrogen-bond donors (Lipinski definition) is 5. The first kappa shape index (κ1) is 67.1. The van der Waals surface area contributed by atoms with Crippen molar-refractivity contribution in [3.63, 3.8) is 0 Å². The summed E-state index contributed by atoms with van der Waals surface area (Å²) in [6, 6.07) is 33.9. The van der Waals surface area contributed by atoms with Crippen molar-refractivity contribution in [2.45, 2.75) is 184 Å². The lowest BCUT2D eigenvalue weighted by Gasteiger charge is -2.35. The van der Waals surface area contributed by atoms with Crippen molar-refractivity contribution in [1.82, 2.24) is 62.0 Å². The second kappa shape index (κ2) is 32.2. The Labute approximate surface area is 539 Å². The van der Waals surface area contributed by atoms with Gasteiger partial charge in [0.25, 0.3) is 17.7 Å². The van der Waals surface area contributed by atoms with Crippen molar-refractivity contribution in [2.24, 2.45) is 0 Å². The first-order chi connectivity index (χ1) is 45.1. The number of benzene rings is 3. The predicted octanol–water partition coefficient (Wildman–Crippen LogP) is 11.8. The monoisotopic (exact) mass is 1290 g/mol. The van der Waals surface area contributed by atoms with Crippen molar-refractivity contribution < 1.29 is 60.6 Å². The van der Waals surface area contributed by atoms with Gasteiger partial charge in [-0.3, -0.25) is 14.4 Å². The van der Waals surface area contributed by atoms with Crippen LogP contribution in [0.15, 0.2) is 136 Å². The Kier molecular flexibility index (Phi) is 23.2. The highest BCUT2D eigenvalue weighted by Gasteiger charge is 2.38. The van der Waals surface area contributed by atoms with Gasteiger partial charge in [0, 0.05) is 84.0 Å². The summed E-state index contributed by atoms with van der Waals surface area (Å²) in [7, 11) is -1.87. The van der Waals surface area contributed by atoms with E-state index in [0.29, 0.717) is 53.1 Å². The minimum atomic E-state index is -1.87. The highest BCUT2D eigenvalue weighted by atomic mass is 28.4. The minimum Gasteiger partial charge on any atom is -0.423 e. The number of aliphatic hydroxyl groups excluding tert-OH is 2. The average molecular weight is 1290 g/mol. The molecule has 9 aromatic rings. The van der Waals surface area contributed by atoms with E-state index in [2.05, 4.69) is 95.9 Å². The quantitative estimate of drug-likeness (QED) is 0.0529. The molecule has 0 atom stereocenters. The normalized spacial score (nSPS) is 19.8. The van der Waals surface area contributed by atoms with E-state index in [1.165, 1.54) is 12.8 Å². The van der Waals surface area contributed by atoms with E-state index in [1.807, 2.05) is 91.0 Å². The van der Waals surface area contributed by atoms with Crippen molar-refractivity contribution in [3.8, 4) is 34.0 Å². The molecular formula is C67H82N12O13Si. The summed E-state index contributed by atoms with van der Waals surface area (Å²) in [5.41, 5.74) is 3.51. The molecule has 4 fully saturated rings. The van der Waals surface area contributed by atoms with Crippen LogP contribution in [0.3, 0.4) is 0 Å². The van der Waals surface area contributed by atoms with Gasteiger partial charge >= 0.3 is 0 Å². The zero-order valence-electron chi connectivity index (χ0n) is 53.2. The molecule has 0 spiro atoms. The molecule has 0 unspecified atom stereocenters. The fraction of sp³-hybridized carbons (Fsp3) is 0.463. The van der Waals surface area contributed by atoms with Gasteiger partial charge in [-0.25, -0.2) is 0 Å². The molecule has 25 nitrogen and oxygen atoms in total. The molecule has 5 N–H and O–H groups in total. The number of hydrogen-bond acceptors (Lipinski definition) is 22. The van der Waals surface area contributed by atoms with Crippen molar-refractivity contribution in [1.29, 1.82) is 0 Å². The van der Waals surface area contributed by atoms with Crippen LogP contribution in [0.2, 0.25) is 18.1 Å². The molecule has 0 bridgehead atoms. The van der Waals surface area contributed by atoms with Gasteiger partial charge in [-0.15, -0.1) is 30.6 Å². The molecule has 7 heterocycles. The standard InChI is InChI=1S/C25H34N4O4Si.2C19H20N4O4.C4H8O/c1-25(2,3)34(4,5)31-16-22-27-28-24(32-22)18-11-13-19(14-12-18)26-23(30)20-15-21(33-29-20)17-9-7-6-8-10-17;2*24-11-17-21-22-19(26-17)13-6-8-14(9-7-13)20-18(25)15-10-16(27-23-15)12-4-2-1-3-5-12;1-2-4-5-3-1/h6-10,15,18-19H,11-14,16H2,1-5H3,(H,26,30);2*1-5,10,13-14,24H,6-9,11H2,(H,20,25);1-4H2. The fourth-order valence-corrected chi connectivity index (χ4v) is 12.0. The summed E-state index contributed by atoms with van der Waals surface area (Å²) in [6.45, 7) is 12.9. The molecule has 6 aromatic heterocycles. The van der Waals surface area contributed by atoms with E-state index in [-0.39, 0.29) is 95.0 Å². The van der Waals surface area contributed by atoms with E-state index < -0.39 is 8.32 Å². The Morgan fingerprint density at radius 3 is 1.06 bits per heavy atom. The lowest BCUT2D eigenvalue weighted by atomic mass is 9.86. The molecular weight excluding hydrogens is 1210 g/mol. The lowest BCUT2D eigenvalue weighted by molar-refractivity contribution is 0.0907. The maximum absolute atomic E-state index is 12.7. The summed E-state index contributed by atoms with van der Waals surface area (Å²) in [4.78, 5) is 37.5. The lowest BCUT2D eigenvalue weighted by Crippen LogP contribution is -2.40. The number of nitrogens with one attached hydrogen (secondary N) is 3. The van der Waals surface area contributed by atoms with E-state index in [0.717, 1.165) is 107 Å². The molecule has 3 saturated carbocycles.